The summed E-state index contributed by atoms with van der Waals surface area (Å²) >= 11 is 0. The minimum atomic E-state index is -0.595. The second kappa shape index (κ2) is 9.63. The highest BCUT2D eigenvalue weighted by molar-refractivity contribution is 5.90. The van der Waals surface area contributed by atoms with Crippen molar-refractivity contribution in [2.75, 3.05) is 5.32 Å². The van der Waals surface area contributed by atoms with Crippen molar-refractivity contribution >= 4 is 11.7 Å². The molecule has 1 atom stereocenters. The Labute approximate surface area is 218 Å². The maximum Gasteiger partial charge on any atom is 0.322 e. The van der Waals surface area contributed by atoms with E-state index in [9.17, 15) is 13.6 Å². The Bertz CT molecular complexity index is 1610. The van der Waals surface area contributed by atoms with Crippen LogP contribution < -0.4 is 5.32 Å². The summed E-state index contributed by atoms with van der Waals surface area (Å²) in [5.74, 6) is 0.0660. The fourth-order valence-corrected chi connectivity index (χ4v) is 5.10. The van der Waals surface area contributed by atoms with Gasteiger partial charge in [0.1, 0.15) is 17.5 Å². The van der Waals surface area contributed by atoms with Gasteiger partial charge in [-0.05, 0) is 72.6 Å². The molecule has 5 aromatic rings. The molecule has 3 aromatic carbocycles. The van der Waals surface area contributed by atoms with Gasteiger partial charge in [-0.25, -0.2) is 18.3 Å². The first-order valence-corrected chi connectivity index (χ1v) is 12.5. The molecule has 0 spiro atoms. The number of halogens is 2. The number of rotatable bonds is 4. The molecule has 0 saturated carbocycles. The lowest BCUT2D eigenvalue weighted by Gasteiger charge is -2.31. The van der Waals surface area contributed by atoms with E-state index in [0.29, 0.717) is 17.7 Å². The predicted octanol–water partition coefficient (Wildman–Crippen LogP) is 6.64. The molecule has 2 aromatic heterocycles. The van der Waals surface area contributed by atoms with E-state index in [1.165, 1.54) is 36.4 Å². The standard InChI is InChI=1S/C30H25F2N5O/c1-2-26-25-19-36(30(38)33-23-15-13-21(31)14-16-23)28(20-8-6-9-22(32)18-20)27-12-7-17-35(27)29(25)37(34-26)24-10-4-3-5-11-24/h3-18,28H,2,19H2,1H3,(H,33,38)/t28-/m0/s1. The molecular weight excluding hydrogens is 484 g/mol. The number of para-hydroxylation sites is 1. The van der Waals surface area contributed by atoms with Crippen LogP contribution in [0.3, 0.4) is 0 Å². The van der Waals surface area contributed by atoms with E-state index in [2.05, 4.69) is 5.32 Å². The topological polar surface area (TPSA) is 55.1 Å². The Hall–Kier alpha value is -4.72. The zero-order chi connectivity index (χ0) is 26.2. The van der Waals surface area contributed by atoms with Gasteiger partial charge in [0, 0.05) is 17.4 Å². The van der Waals surface area contributed by atoms with Crippen molar-refractivity contribution < 1.29 is 13.6 Å². The van der Waals surface area contributed by atoms with Crippen molar-refractivity contribution in [3.05, 3.63) is 131 Å². The fourth-order valence-electron chi connectivity index (χ4n) is 5.10. The van der Waals surface area contributed by atoms with Crippen molar-refractivity contribution in [2.45, 2.75) is 25.9 Å². The molecule has 0 aliphatic carbocycles. The van der Waals surface area contributed by atoms with Crippen LogP contribution in [0.2, 0.25) is 0 Å². The summed E-state index contributed by atoms with van der Waals surface area (Å²) in [7, 11) is 0. The first-order valence-electron chi connectivity index (χ1n) is 12.5. The molecule has 1 aliphatic rings. The fraction of sp³-hybridized carbons (Fsp3) is 0.133. The summed E-state index contributed by atoms with van der Waals surface area (Å²) in [5.41, 5.74) is 4.56. The van der Waals surface area contributed by atoms with Crippen LogP contribution in [0.25, 0.3) is 11.5 Å². The summed E-state index contributed by atoms with van der Waals surface area (Å²) in [6.07, 6.45) is 2.61. The van der Waals surface area contributed by atoms with Crippen molar-refractivity contribution in [2.24, 2.45) is 0 Å². The average molecular weight is 510 g/mol. The van der Waals surface area contributed by atoms with Gasteiger partial charge in [0.25, 0.3) is 0 Å². The van der Waals surface area contributed by atoms with E-state index in [1.807, 2.05) is 70.9 Å². The third kappa shape index (κ3) is 4.14. The second-order valence-corrected chi connectivity index (χ2v) is 9.18. The van der Waals surface area contributed by atoms with Crippen molar-refractivity contribution in [1.29, 1.82) is 0 Å². The van der Waals surface area contributed by atoms with E-state index in [0.717, 1.165) is 28.5 Å². The Balaban J connectivity index is 1.55. The van der Waals surface area contributed by atoms with Crippen LogP contribution in [0.1, 0.15) is 35.5 Å². The van der Waals surface area contributed by atoms with Crippen molar-refractivity contribution in [1.82, 2.24) is 19.2 Å². The van der Waals surface area contributed by atoms with E-state index in [-0.39, 0.29) is 18.4 Å². The number of anilines is 1. The van der Waals surface area contributed by atoms with Crippen LogP contribution in [-0.2, 0) is 13.0 Å². The number of carbonyl (C=O) groups excluding carboxylic acids is 1. The maximum absolute atomic E-state index is 14.5. The van der Waals surface area contributed by atoms with E-state index < -0.39 is 11.9 Å². The van der Waals surface area contributed by atoms with Gasteiger partial charge < -0.3 is 14.8 Å². The number of benzene rings is 3. The summed E-state index contributed by atoms with van der Waals surface area (Å²) in [6.45, 7) is 2.27. The van der Waals surface area contributed by atoms with Crippen LogP contribution >= 0.6 is 0 Å². The lowest BCUT2D eigenvalue weighted by molar-refractivity contribution is 0.194. The molecule has 0 fully saturated rings. The number of carbonyl (C=O) groups is 1. The zero-order valence-electron chi connectivity index (χ0n) is 20.7. The number of aryl methyl sites for hydroxylation is 1. The molecule has 0 unspecified atom stereocenters. The van der Waals surface area contributed by atoms with Gasteiger partial charge in [-0.2, -0.15) is 5.10 Å². The molecule has 0 saturated heterocycles. The molecule has 38 heavy (non-hydrogen) atoms. The van der Waals surface area contributed by atoms with Gasteiger partial charge in [-0.15, -0.1) is 0 Å². The minimum absolute atomic E-state index is 0.237. The third-order valence-electron chi connectivity index (χ3n) is 6.82. The normalized spacial score (nSPS) is 14.5. The highest BCUT2D eigenvalue weighted by atomic mass is 19.1. The first-order chi connectivity index (χ1) is 18.5. The summed E-state index contributed by atoms with van der Waals surface area (Å²) in [4.78, 5) is 15.6. The summed E-state index contributed by atoms with van der Waals surface area (Å²) in [5, 5.41) is 7.84. The largest absolute Gasteiger partial charge is 0.322 e. The molecule has 6 nitrogen and oxygen atoms in total. The maximum atomic E-state index is 14.5. The van der Waals surface area contributed by atoms with Crippen LogP contribution in [-0.4, -0.2) is 25.3 Å². The molecule has 3 heterocycles. The first kappa shape index (κ1) is 23.7. The van der Waals surface area contributed by atoms with Gasteiger partial charge in [0.2, 0.25) is 0 Å². The summed E-state index contributed by atoms with van der Waals surface area (Å²) in [6, 6.07) is 24.7. The molecule has 6 rings (SSSR count). The lowest BCUT2D eigenvalue weighted by atomic mass is 10.0. The second-order valence-electron chi connectivity index (χ2n) is 9.18. The van der Waals surface area contributed by atoms with Crippen LogP contribution in [0.15, 0.2) is 97.2 Å². The Morgan fingerprint density at radius 3 is 2.47 bits per heavy atom. The number of nitrogens with zero attached hydrogens (tertiary/aromatic N) is 4. The van der Waals surface area contributed by atoms with Gasteiger partial charge >= 0.3 is 6.03 Å². The van der Waals surface area contributed by atoms with E-state index >= 15 is 0 Å². The lowest BCUT2D eigenvalue weighted by Crippen LogP contribution is -2.38. The minimum Gasteiger partial charge on any atom is -0.308 e. The van der Waals surface area contributed by atoms with Gasteiger partial charge in [-0.3, -0.25) is 0 Å². The van der Waals surface area contributed by atoms with E-state index in [4.69, 9.17) is 5.10 Å². The molecular formula is C30H25F2N5O. The van der Waals surface area contributed by atoms with Crippen molar-refractivity contribution in [3.63, 3.8) is 0 Å². The third-order valence-corrected chi connectivity index (χ3v) is 6.82. The Kier molecular flexibility index (Phi) is 5.99. The number of urea groups is 1. The predicted molar refractivity (Wildman–Crippen MR) is 141 cm³/mol. The van der Waals surface area contributed by atoms with Crippen LogP contribution in [0, 0.1) is 11.6 Å². The number of nitrogens with one attached hydrogen (secondary N) is 1. The molecule has 2 amide bonds. The Morgan fingerprint density at radius 2 is 1.74 bits per heavy atom. The number of hydrogen-bond donors (Lipinski definition) is 1. The van der Waals surface area contributed by atoms with E-state index in [1.54, 1.807) is 11.0 Å². The average Bonchev–Trinajstić information content (AvgIpc) is 3.51. The number of aromatic nitrogens is 3. The highest BCUT2D eigenvalue weighted by Crippen LogP contribution is 2.39. The molecule has 0 radical (unpaired) electrons. The molecule has 1 aliphatic heterocycles. The van der Waals surface area contributed by atoms with Gasteiger partial charge in [-0.1, -0.05) is 37.3 Å². The van der Waals surface area contributed by atoms with Gasteiger partial charge in [0.15, 0.2) is 0 Å². The highest BCUT2D eigenvalue weighted by Gasteiger charge is 2.36. The molecule has 8 heteroatoms. The molecule has 1 N–H and O–H groups in total. The molecule has 0 bridgehead atoms. The number of fused-ring (bicyclic) bond motifs is 3. The Morgan fingerprint density at radius 1 is 0.947 bits per heavy atom. The number of hydrogen-bond acceptors (Lipinski definition) is 2. The van der Waals surface area contributed by atoms with Gasteiger partial charge in [0.05, 0.1) is 29.7 Å². The zero-order valence-corrected chi connectivity index (χ0v) is 20.7. The monoisotopic (exact) mass is 509 g/mol. The van der Waals surface area contributed by atoms with Crippen molar-refractivity contribution in [3.8, 4) is 11.5 Å². The molecule has 190 valence electrons. The number of amides is 2. The summed E-state index contributed by atoms with van der Waals surface area (Å²) < 4.78 is 31.9. The smallest absolute Gasteiger partial charge is 0.308 e. The quantitative estimate of drug-likeness (QED) is 0.295. The van der Waals surface area contributed by atoms with Crippen LogP contribution in [0.5, 0.6) is 0 Å². The van der Waals surface area contributed by atoms with Crippen LogP contribution in [0.4, 0.5) is 19.3 Å². The SMILES string of the molecule is CCc1nn(-c2ccccc2)c2c1CN(C(=O)Nc1ccc(F)cc1)[C@@H](c1cccc(F)c1)c1cccn1-2.